The standard InChI is InChI=1S/C21H22N4O/c1-4-16-8-10-17(11-9-16)24-21-22-15(3)13-19(25-21)20(26)23-18-7-5-6-14(2)12-18/h5-13H,4H2,1-3H3,(H,23,26)(H,22,24,25). The highest BCUT2D eigenvalue weighted by Gasteiger charge is 2.11. The molecular weight excluding hydrogens is 324 g/mol. The van der Waals surface area contributed by atoms with Crippen LogP contribution >= 0.6 is 0 Å². The molecule has 5 heteroatoms. The predicted octanol–water partition coefficient (Wildman–Crippen LogP) is 4.65. The van der Waals surface area contributed by atoms with Crippen LogP contribution in [0.5, 0.6) is 0 Å². The Morgan fingerprint density at radius 2 is 1.73 bits per heavy atom. The molecule has 5 nitrogen and oxygen atoms in total. The molecule has 2 aromatic carbocycles. The zero-order chi connectivity index (χ0) is 18.5. The van der Waals surface area contributed by atoms with Gasteiger partial charge in [-0.25, -0.2) is 9.97 Å². The summed E-state index contributed by atoms with van der Waals surface area (Å²) in [6, 6.07) is 17.4. The second kappa shape index (κ2) is 7.78. The number of anilines is 3. The van der Waals surface area contributed by atoms with Gasteiger partial charge in [0.2, 0.25) is 5.95 Å². The molecule has 0 bridgehead atoms. The van der Waals surface area contributed by atoms with E-state index in [1.165, 1.54) is 5.56 Å². The van der Waals surface area contributed by atoms with E-state index in [0.717, 1.165) is 29.1 Å². The third-order valence-corrected chi connectivity index (χ3v) is 3.98. The number of carbonyl (C=O) groups is 1. The average molecular weight is 346 g/mol. The van der Waals surface area contributed by atoms with Gasteiger partial charge in [-0.05, 0) is 61.7 Å². The molecule has 1 heterocycles. The van der Waals surface area contributed by atoms with E-state index in [9.17, 15) is 4.79 Å². The number of nitrogens with one attached hydrogen (secondary N) is 2. The lowest BCUT2D eigenvalue weighted by atomic mass is 10.1. The van der Waals surface area contributed by atoms with Crippen LogP contribution in [-0.4, -0.2) is 15.9 Å². The first kappa shape index (κ1) is 17.6. The van der Waals surface area contributed by atoms with Crippen LogP contribution < -0.4 is 10.6 Å². The highest BCUT2D eigenvalue weighted by Crippen LogP contribution is 2.16. The monoisotopic (exact) mass is 346 g/mol. The third kappa shape index (κ3) is 4.45. The van der Waals surface area contributed by atoms with Gasteiger partial charge in [0.1, 0.15) is 5.69 Å². The Kier molecular flexibility index (Phi) is 5.27. The van der Waals surface area contributed by atoms with Gasteiger partial charge >= 0.3 is 0 Å². The number of amides is 1. The summed E-state index contributed by atoms with van der Waals surface area (Å²) in [4.78, 5) is 21.3. The van der Waals surface area contributed by atoms with E-state index < -0.39 is 0 Å². The van der Waals surface area contributed by atoms with Gasteiger partial charge in [-0.2, -0.15) is 0 Å². The van der Waals surface area contributed by atoms with E-state index in [-0.39, 0.29) is 5.91 Å². The van der Waals surface area contributed by atoms with Crippen molar-refractivity contribution in [3.63, 3.8) is 0 Å². The maximum Gasteiger partial charge on any atom is 0.274 e. The lowest BCUT2D eigenvalue weighted by molar-refractivity contribution is 0.102. The molecule has 0 fully saturated rings. The summed E-state index contributed by atoms with van der Waals surface area (Å²) in [5.41, 5.74) is 5.03. The molecule has 0 radical (unpaired) electrons. The van der Waals surface area contributed by atoms with Crippen LogP contribution in [0.3, 0.4) is 0 Å². The van der Waals surface area contributed by atoms with Crippen LogP contribution in [0.15, 0.2) is 54.6 Å². The Balaban J connectivity index is 1.79. The van der Waals surface area contributed by atoms with Gasteiger partial charge in [-0.1, -0.05) is 31.2 Å². The minimum atomic E-state index is -0.259. The first-order valence-electron chi connectivity index (χ1n) is 8.63. The molecule has 0 aliphatic rings. The molecule has 1 amide bonds. The van der Waals surface area contributed by atoms with Crippen molar-refractivity contribution in [3.8, 4) is 0 Å². The van der Waals surface area contributed by atoms with Crippen molar-refractivity contribution >= 4 is 23.2 Å². The fourth-order valence-corrected chi connectivity index (χ4v) is 2.61. The quantitative estimate of drug-likeness (QED) is 0.705. The summed E-state index contributed by atoms with van der Waals surface area (Å²) in [7, 11) is 0. The Bertz CT molecular complexity index is 920. The molecule has 132 valence electrons. The van der Waals surface area contributed by atoms with Crippen LogP contribution in [0.1, 0.15) is 34.2 Å². The SMILES string of the molecule is CCc1ccc(Nc2nc(C)cc(C(=O)Nc3cccc(C)c3)n2)cc1. The Hall–Kier alpha value is -3.21. The minimum Gasteiger partial charge on any atom is -0.324 e. The Morgan fingerprint density at radius 1 is 0.962 bits per heavy atom. The maximum absolute atomic E-state index is 12.5. The number of hydrogen-bond acceptors (Lipinski definition) is 4. The second-order valence-electron chi connectivity index (χ2n) is 6.22. The lowest BCUT2D eigenvalue weighted by Gasteiger charge is -2.09. The van der Waals surface area contributed by atoms with E-state index in [1.54, 1.807) is 6.07 Å². The molecule has 26 heavy (non-hydrogen) atoms. The highest BCUT2D eigenvalue weighted by molar-refractivity contribution is 6.03. The van der Waals surface area contributed by atoms with Gasteiger partial charge in [0.05, 0.1) is 0 Å². The van der Waals surface area contributed by atoms with E-state index in [4.69, 9.17) is 0 Å². The van der Waals surface area contributed by atoms with E-state index in [0.29, 0.717) is 11.6 Å². The number of carbonyl (C=O) groups excluding carboxylic acids is 1. The van der Waals surface area contributed by atoms with Gasteiger partial charge in [-0.3, -0.25) is 4.79 Å². The molecule has 0 saturated heterocycles. The fourth-order valence-electron chi connectivity index (χ4n) is 2.61. The van der Waals surface area contributed by atoms with Crippen molar-refractivity contribution in [2.45, 2.75) is 27.2 Å². The first-order valence-corrected chi connectivity index (χ1v) is 8.63. The second-order valence-corrected chi connectivity index (χ2v) is 6.22. The van der Waals surface area contributed by atoms with Crippen LogP contribution in [0.4, 0.5) is 17.3 Å². The van der Waals surface area contributed by atoms with Crippen molar-refractivity contribution < 1.29 is 4.79 Å². The number of nitrogens with zero attached hydrogens (tertiary/aromatic N) is 2. The van der Waals surface area contributed by atoms with E-state index in [1.807, 2.05) is 50.2 Å². The van der Waals surface area contributed by atoms with Crippen LogP contribution in [0, 0.1) is 13.8 Å². The van der Waals surface area contributed by atoms with Gasteiger partial charge in [-0.15, -0.1) is 0 Å². The van der Waals surface area contributed by atoms with Crippen molar-refractivity contribution in [3.05, 3.63) is 77.1 Å². The average Bonchev–Trinajstić information content (AvgIpc) is 2.62. The van der Waals surface area contributed by atoms with Gasteiger partial charge in [0.15, 0.2) is 0 Å². The summed E-state index contributed by atoms with van der Waals surface area (Å²) >= 11 is 0. The largest absolute Gasteiger partial charge is 0.324 e. The maximum atomic E-state index is 12.5. The summed E-state index contributed by atoms with van der Waals surface area (Å²) in [6.45, 7) is 5.94. The van der Waals surface area contributed by atoms with Crippen molar-refractivity contribution in [2.75, 3.05) is 10.6 Å². The number of aryl methyl sites for hydroxylation is 3. The third-order valence-electron chi connectivity index (χ3n) is 3.98. The zero-order valence-electron chi connectivity index (χ0n) is 15.2. The van der Waals surface area contributed by atoms with Crippen molar-refractivity contribution in [1.29, 1.82) is 0 Å². The number of aromatic nitrogens is 2. The topological polar surface area (TPSA) is 66.9 Å². The van der Waals surface area contributed by atoms with E-state index >= 15 is 0 Å². The van der Waals surface area contributed by atoms with Gasteiger partial charge < -0.3 is 10.6 Å². The molecule has 2 N–H and O–H groups in total. The predicted molar refractivity (Wildman–Crippen MR) is 105 cm³/mol. The zero-order valence-corrected chi connectivity index (χ0v) is 15.2. The Morgan fingerprint density at radius 3 is 2.42 bits per heavy atom. The summed E-state index contributed by atoms with van der Waals surface area (Å²) in [6.07, 6.45) is 0.991. The summed E-state index contributed by atoms with van der Waals surface area (Å²) in [5.74, 6) is 0.147. The van der Waals surface area contributed by atoms with Crippen molar-refractivity contribution in [1.82, 2.24) is 9.97 Å². The van der Waals surface area contributed by atoms with Gasteiger partial charge in [0, 0.05) is 17.1 Å². The number of rotatable bonds is 5. The number of hydrogen-bond donors (Lipinski definition) is 2. The molecule has 0 unspecified atom stereocenters. The summed E-state index contributed by atoms with van der Waals surface area (Å²) in [5, 5.41) is 6.04. The molecule has 0 saturated carbocycles. The first-order chi connectivity index (χ1) is 12.5. The fraction of sp³-hybridized carbons (Fsp3) is 0.190. The summed E-state index contributed by atoms with van der Waals surface area (Å²) < 4.78 is 0. The molecule has 1 aromatic heterocycles. The normalized spacial score (nSPS) is 10.4. The van der Waals surface area contributed by atoms with Crippen LogP contribution in [-0.2, 0) is 6.42 Å². The van der Waals surface area contributed by atoms with E-state index in [2.05, 4.69) is 39.7 Å². The Labute approximate surface area is 153 Å². The van der Waals surface area contributed by atoms with Crippen LogP contribution in [0.25, 0.3) is 0 Å². The molecule has 0 atom stereocenters. The highest BCUT2D eigenvalue weighted by atomic mass is 16.1. The van der Waals surface area contributed by atoms with Crippen LogP contribution in [0.2, 0.25) is 0 Å². The minimum absolute atomic E-state index is 0.259. The molecule has 0 aliphatic heterocycles. The molecule has 3 aromatic rings. The molecular formula is C21H22N4O. The molecule has 0 aliphatic carbocycles. The van der Waals surface area contributed by atoms with Gasteiger partial charge in [0.25, 0.3) is 5.91 Å². The van der Waals surface area contributed by atoms with Crippen molar-refractivity contribution in [2.24, 2.45) is 0 Å². The molecule has 3 rings (SSSR count). The smallest absolute Gasteiger partial charge is 0.274 e. The molecule has 0 spiro atoms. The number of benzene rings is 2. The lowest BCUT2D eigenvalue weighted by Crippen LogP contribution is -2.15.